The second-order valence-corrected chi connectivity index (χ2v) is 4.83. The predicted octanol–water partition coefficient (Wildman–Crippen LogP) is 4.48. The molecule has 0 saturated heterocycles. The molecular weight excluding hydrogens is 224 g/mol. The first-order valence-corrected chi connectivity index (χ1v) is 7.15. The normalized spacial score (nSPS) is 12.4. The van der Waals surface area contributed by atoms with E-state index in [1.165, 1.54) is 32.1 Å². The minimum absolute atomic E-state index is 0.467. The smallest absolute Gasteiger partial charge is 0.125 e. The number of ether oxygens (including phenoxy) is 1. The molecule has 1 rings (SSSR count). The number of aliphatic hydroxyl groups excluding tert-OH is 1. The van der Waals surface area contributed by atoms with Crippen LogP contribution in [0.15, 0.2) is 24.3 Å². The lowest BCUT2D eigenvalue weighted by Gasteiger charge is -2.13. The average molecular weight is 250 g/mol. The lowest BCUT2D eigenvalue weighted by Crippen LogP contribution is -2.02. The van der Waals surface area contributed by atoms with E-state index in [1.807, 2.05) is 24.3 Å². The number of hydrogen-bond acceptors (Lipinski definition) is 2. The standard InChI is InChI=1S/C16H26O2/c1-3-4-5-6-7-10-13-18-16-12-9-8-11-15(16)14(2)17/h8-9,11-12,14,17H,3-7,10,13H2,1-2H3. The van der Waals surface area contributed by atoms with Crippen LogP contribution in [0.2, 0.25) is 0 Å². The molecule has 102 valence electrons. The summed E-state index contributed by atoms with van der Waals surface area (Å²) in [6.07, 6.45) is 7.13. The Hall–Kier alpha value is -1.02. The van der Waals surface area contributed by atoms with Crippen molar-refractivity contribution in [1.29, 1.82) is 0 Å². The molecular formula is C16H26O2. The van der Waals surface area contributed by atoms with Gasteiger partial charge in [-0.3, -0.25) is 0 Å². The Bertz CT molecular complexity index is 321. The van der Waals surface area contributed by atoms with Gasteiger partial charge in [0.05, 0.1) is 12.7 Å². The van der Waals surface area contributed by atoms with Crippen LogP contribution in [0.1, 0.15) is 64.0 Å². The quantitative estimate of drug-likeness (QED) is 0.655. The van der Waals surface area contributed by atoms with Crippen LogP contribution in [-0.2, 0) is 0 Å². The topological polar surface area (TPSA) is 29.5 Å². The molecule has 0 bridgehead atoms. The number of unbranched alkanes of at least 4 members (excludes halogenated alkanes) is 5. The molecule has 0 aliphatic heterocycles. The second-order valence-electron chi connectivity index (χ2n) is 4.83. The monoisotopic (exact) mass is 250 g/mol. The third-order valence-corrected chi connectivity index (χ3v) is 3.12. The van der Waals surface area contributed by atoms with Crippen molar-refractivity contribution in [3.8, 4) is 5.75 Å². The number of para-hydroxylation sites is 1. The van der Waals surface area contributed by atoms with Gasteiger partial charge in [0.15, 0.2) is 0 Å². The fourth-order valence-electron chi connectivity index (χ4n) is 2.02. The third-order valence-electron chi connectivity index (χ3n) is 3.12. The summed E-state index contributed by atoms with van der Waals surface area (Å²) in [5, 5.41) is 9.62. The zero-order chi connectivity index (χ0) is 13.2. The first-order chi connectivity index (χ1) is 8.75. The van der Waals surface area contributed by atoms with Crippen LogP contribution in [0.4, 0.5) is 0 Å². The molecule has 0 spiro atoms. The Morgan fingerprint density at radius 3 is 2.44 bits per heavy atom. The maximum Gasteiger partial charge on any atom is 0.125 e. The second kappa shape index (κ2) is 8.98. The van der Waals surface area contributed by atoms with E-state index in [4.69, 9.17) is 4.74 Å². The van der Waals surface area contributed by atoms with Gasteiger partial charge in [-0.15, -0.1) is 0 Å². The molecule has 1 aromatic rings. The van der Waals surface area contributed by atoms with Crippen LogP contribution >= 0.6 is 0 Å². The molecule has 1 aromatic carbocycles. The van der Waals surface area contributed by atoms with E-state index in [0.29, 0.717) is 0 Å². The Kier molecular flexibility index (Phi) is 7.51. The zero-order valence-electron chi connectivity index (χ0n) is 11.7. The van der Waals surface area contributed by atoms with Gasteiger partial charge in [0, 0.05) is 5.56 Å². The fraction of sp³-hybridized carbons (Fsp3) is 0.625. The summed E-state index contributed by atoms with van der Waals surface area (Å²) in [7, 11) is 0. The summed E-state index contributed by atoms with van der Waals surface area (Å²) in [4.78, 5) is 0. The maximum atomic E-state index is 9.62. The van der Waals surface area contributed by atoms with E-state index in [1.54, 1.807) is 6.92 Å². The highest BCUT2D eigenvalue weighted by Crippen LogP contribution is 2.24. The Morgan fingerprint density at radius 1 is 1.06 bits per heavy atom. The molecule has 18 heavy (non-hydrogen) atoms. The minimum Gasteiger partial charge on any atom is -0.493 e. The van der Waals surface area contributed by atoms with E-state index >= 15 is 0 Å². The molecule has 2 heteroatoms. The third kappa shape index (κ3) is 5.54. The van der Waals surface area contributed by atoms with E-state index in [2.05, 4.69) is 6.92 Å². The predicted molar refractivity (Wildman–Crippen MR) is 75.9 cm³/mol. The van der Waals surface area contributed by atoms with E-state index < -0.39 is 6.10 Å². The summed E-state index contributed by atoms with van der Waals surface area (Å²) in [6, 6.07) is 7.72. The number of benzene rings is 1. The largest absolute Gasteiger partial charge is 0.493 e. The molecule has 0 aromatic heterocycles. The molecule has 1 atom stereocenters. The van der Waals surface area contributed by atoms with Crippen molar-refractivity contribution in [2.75, 3.05) is 6.61 Å². The zero-order valence-corrected chi connectivity index (χ0v) is 11.7. The summed E-state index contributed by atoms with van der Waals surface area (Å²) in [5.41, 5.74) is 0.878. The van der Waals surface area contributed by atoms with E-state index in [9.17, 15) is 5.11 Å². The van der Waals surface area contributed by atoms with Gasteiger partial charge in [0.25, 0.3) is 0 Å². The van der Waals surface area contributed by atoms with Gasteiger partial charge < -0.3 is 9.84 Å². The number of aliphatic hydroxyl groups is 1. The van der Waals surface area contributed by atoms with Gasteiger partial charge in [0.1, 0.15) is 5.75 Å². The van der Waals surface area contributed by atoms with Crippen molar-refractivity contribution in [2.24, 2.45) is 0 Å². The van der Waals surface area contributed by atoms with Gasteiger partial charge in [-0.1, -0.05) is 57.2 Å². The SMILES string of the molecule is CCCCCCCCOc1ccccc1C(C)O. The van der Waals surface area contributed by atoms with Crippen LogP contribution < -0.4 is 4.74 Å². The van der Waals surface area contributed by atoms with Crippen molar-refractivity contribution in [3.05, 3.63) is 29.8 Å². The van der Waals surface area contributed by atoms with Crippen LogP contribution in [0.3, 0.4) is 0 Å². The fourth-order valence-corrected chi connectivity index (χ4v) is 2.02. The lowest BCUT2D eigenvalue weighted by molar-refractivity contribution is 0.190. The Morgan fingerprint density at radius 2 is 1.72 bits per heavy atom. The van der Waals surface area contributed by atoms with E-state index in [-0.39, 0.29) is 0 Å². The van der Waals surface area contributed by atoms with Gasteiger partial charge in [-0.25, -0.2) is 0 Å². The van der Waals surface area contributed by atoms with E-state index in [0.717, 1.165) is 24.3 Å². The lowest BCUT2D eigenvalue weighted by atomic mass is 10.1. The van der Waals surface area contributed by atoms with Crippen molar-refractivity contribution in [3.63, 3.8) is 0 Å². The van der Waals surface area contributed by atoms with Crippen LogP contribution in [0.25, 0.3) is 0 Å². The van der Waals surface area contributed by atoms with Crippen LogP contribution in [0.5, 0.6) is 5.75 Å². The highest BCUT2D eigenvalue weighted by Gasteiger charge is 2.07. The van der Waals surface area contributed by atoms with Crippen molar-refractivity contribution in [1.82, 2.24) is 0 Å². The molecule has 0 heterocycles. The maximum absolute atomic E-state index is 9.62. The highest BCUT2D eigenvalue weighted by molar-refractivity contribution is 5.34. The first kappa shape index (κ1) is 15.0. The molecule has 0 fully saturated rings. The molecule has 2 nitrogen and oxygen atoms in total. The van der Waals surface area contributed by atoms with Crippen molar-refractivity contribution < 1.29 is 9.84 Å². The molecule has 0 radical (unpaired) electrons. The van der Waals surface area contributed by atoms with Crippen LogP contribution in [0, 0.1) is 0 Å². The van der Waals surface area contributed by atoms with Crippen molar-refractivity contribution >= 4 is 0 Å². The van der Waals surface area contributed by atoms with Gasteiger partial charge in [-0.05, 0) is 19.4 Å². The summed E-state index contributed by atoms with van der Waals surface area (Å²) < 4.78 is 5.74. The number of rotatable bonds is 9. The summed E-state index contributed by atoms with van der Waals surface area (Å²) >= 11 is 0. The average Bonchev–Trinajstić information content (AvgIpc) is 2.38. The van der Waals surface area contributed by atoms with Gasteiger partial charge in [-0.2, -0.15) is 0 Å². The molecule has 1 N–H and O–H groups in total. The van der Waals surface area contributed by atoms with Gasteiger partial charge in [0.2, 0.25) is 0 Å². The van der Waals surface area contributed by atoms with Gasteiger partial charge >= 0.3 is 0 Å². The molecule has 1 unspecified atom stereocenters. The van der Waals surface area contributed by atoms with Crippen LogP contribution in [-0.4, -0.2) is 11.7 Å². The Labute approximate surface area is 111 Å². The molecule has 0 aliphatic rings. The van der Waals surface area contributed by atoms with Crippen molar-refractivity contribution in [2.45, 2.75) is 58.5 Å². The Balaban J connectivity index is 2.23. The first-order valence-electron chi connectivity index (χ1n) is 7.15. The minimum atomic E-state index is -0.467. The highest BCUT2D eigenvalue weighted by atomic mass is 16.5. The summed E-state index contributed by atoms with van der Waals surface area (Å²) in [6.45, 7) is 4.75. The molecule has 0 saturated carbocycles. The summed E-state index contributed by atoms with van der Waals surface area (Å²) in [5.74, 6) is 0.820. The number of hydrogen-bond donors (Lipinski definition) is 1. The molecule has 0 aliphatic carbocycles. The molecule has 0 amide bonds.